The molecule has 0 saturated carbocycles. The molecule has 4 atom stereocenters. The van der Waals surface area contributed by atoms with E-state index in [2.05, 4.69) is 5.32 Å². The number of carbonyl (C=O) groups excluding carboxylic acids is 2. The highest BCUT2D eigenvalue weighted by molar-refractivity contribution is 5.89. The summed E-state index contributed by atoms with van der Waals surface area (Å²) in [4.78, 5) is 25.6. The number of fused-ring (bicyclic) bond motifs is 2. The zero-order valence-corrected chi connectivity index (χ0v) is 24.5. The number of anilines is 1. The van der Waals surface area contributed by atoms with Gasteiger partial charge in [-0.1, -0.05) is 0 Å². The Bertz CT molecular complexity index is 1440. The lowest BCUT2D eigenvalue weighted by Gasteiger charge is -2.40. The van der Waals surface area contributed by atoms with E-state index in [1.807, 2.05) is 36.4 Å². The maximum Gasteiger partial charge on any atom is 0.338 e. The first kappa shape index (κ1) is 28.9. The summed E-state index contributed by atoms with van der Waals surface area (Å²) in [5.41, 5.74) is 3.85. The van der Waals surface area contributed by atoms with Crippen molar-refractivity contribution in [2.75, 3.05) is 54.1 Å². The molecule has 42 heavy (non-hydrogen) atoms. The highest BCUT2D eigenvalue weighted by Gasteiger charge is 2.52. The molecule has 1 heterocycles. The zero-order valence-electron chi connectivity index (χ0n) is 24.5. The quantitative estimate of drug-likeness (QED) is 0.331. The molecule has 1 saturated heterocycles. The summed E-state index contributed by atoms with van der Waals surface area (Å²) in [5.74, 6) is 0.713. The van der Waals surface area contributed by atoms with Crippen LogP contribution >= 0.6 is 0 Å². The van der Waals surface area contributed by atoms with E-state index in [0.29, 0.717) is 40.9 Å². The van der Waals surface area contributed by atoms with Gasteiger partial charge in [0.15, 0.2) is 23.0 Å². The van der Waals surface area contributed by atoms with E-state index in [9.17, 15) is 9.59 Å². The molecule has 0 bridgehead atoms. The molecular formula is C32H35NO9. The summed E-state index contributed by atoms with van der Waals surface area (Å²) in [5, 5.41) is 3.60. The molecule has 0 amide bonds. The predicted octanol–water partition coefficient (Wildman–Crippen LogP) is 4.99. The molecule has 10 heteroatoms. The third-order valence-corrected chi connectivity index (χ3v) is 7.96. The van der Waals surface area contributed by atoms with E-state index in [4.69, 9.17) is 33.2 Å². The van der Waals surface area contributed by atoms with Crippen LogP contribution in [-0.4, -0.2) is 60.7 Å². The first-order valence-corrected chi connectivity index (χ1v) is 13.6. The summed E-state index contributed by atoms with van der Waals surface area (Å²) in [7, 11) is 7.83. The lowest BCUT2D eigenvalue weighted by atomic mass is 9.65. The molecule has 3 aromatic carbocycles. The minimum absolute atomic E-state index is 0.225. The highest BCUT2D eigenvalue weighted by Crippen LogP contribution is 2.55. The van der Waals surface area contributed by atoms with Crippen LogP contribution in [0, 0.1) is 11.8 Å². The first-order chi connectivity index (χ1) is 20.4. The van der Waals surface area contributed by atoms with Gasteiger partial charge in [-0.25, -0.2) is 4.79 Å². The third kappa shape index (κ3) is 5.01. The zero-order chi connectivity index (χ0) is 30.0. The average Bonchev–Trinajstić information content (AvgIpc) is 3.40. The van der Waals surface area contributed by atoms with Crippen LogP contribution in [-0.2, 0) is 14.3 Å². The number of carbonyl (C=O) groups is 2. The molecule has 0 unspecified atom stereocenters. The van der Waals surface area contributed by atoms with Gasteiger partial charge in [-0.2, -0.15) is 0 Å². The van der Waals surface area contributed by atoms with Crippen LogP contribution in [0.1, 0.15) is 45.9 Å². The van der Waals surface area contributed by atoms with E-state index in [0.717, 1.165) is 22.4 Å². The van der Waals surface area contributed by atoms with Crippen LogP contribution in [0.25, 0.3) is 0 Å². The number of rotatable bonds is 10. The third-order valence-electron chi connectivity index (χ3n) is 7.96. The smallest absolute Gasteiger partial charge is 0.338 e. The number of esters is 2. The summed E-state index contributed by atoms with van der Waals surface area (Å²) in [6, 6.07) is 14.4. The molecule has 0 aromatic heterocycles. The minimum atomic E-state index is -0.519. The fourth-order valence-electron chi connectivity index (χ4n) is 6.06. The van der Waals surface area contributed by atoms with Crippen LogP contribution in [0.2, 0.25) is 0 Å². The van der Waals surface area contributed by atoms with Gasteiger partial charge in [0.25, 0.3) is 0 Å². The van der Waals surface area contributed by atoms with Gasteiger partial charge >= 0.3 is 11.9 Å². The molecule has 1 aliphatic carbocycles. The van der Waals surface area contributed by atoms with E-state index in [-0.39, 0.29) is 30.5 Å². The maximum atomic E-state index is 13.4. The maximum absolute atomic E-state index is 13.4. The predicted molar refractivity (Wildman–Crippen MR) is 154 cm³/mol. The average molecular weight is 578 g/mol. The second-order valence-corrected chi connectivity index (χ2v) is 10.0. The van der Waals surface area contributed by atoms with Gasteiger partial charge in [-0.05, 0) is 72.1 Å². The monoisotopic (exact) mass is 577 g/mol. The van der Waals surface area contributed by atoms with E-state index in [1.165, 1.54) is 0 Å². The standard InChI is InChI=1S/C32H35NO9/c1-7-41-31(34)17-8-10-19(11-9-17)33-29-21-15-24(37-3)23(36-2)14-20(21)27(28-22(29)16-42-32(28)35)18-12-25(38-4)30(40-6)26(13-18)39-5/h8-15,22,27-29,33H,7,16H2,1-6H3/t22-,27+,28-,29+/m0/s1. The topological polar surface area (TPSA) is 111 Å². The van der Waals surface area contributed by atoms with Crippen LogP contribution < -0.4 is 29.0 Å². The van der Waals surface area contributed by atoms with Crippen LogP contribution in [0.5, 0.6) is 28.7 Å². The van der Waals surface area contributed by atoms with Crippen molar-refractivity contribution in [3.8, 4) is 28.7 Å². The number of benzene rings is 3. The molecule has 1 fully saturated rings. The molecule has 10 nitrogen and oxygen atoms in total. The number of hydrogen-bond donors (Lipinski definition) is 1. The second kappa shape index (κ2) is 12.1. The van der Waals surface area contributed by atoms with Crippen molar-refractivity contribution < 1.29 is 42.7 Å². The van der Waals surface area contributed by atoms with Gasteiger partial charge in [0.2, 0.25) is 5.75 Å². The van der Waals surface area contributed by atoms with Crippen molar-refractivity contribution in [1.82, 2.24) is 0 Å². The van der Waals surface area contributed by atoms with Crippen molar-refractivity contribution in [1.29, 1.82) is 0 Å². The molecular weight excluding hydrogens is 542 g/mol. The SMILES string of the molecule is CCOC(=O)c1ccc(N[C@@H]2c3cc(OC)c(OC)cc3[C@@H](c3cc(OC)c(OC)c(OC)c3)[C@H]3C(=O)OC[C@@H]32)cc1. The molecule has 222 valence electrons. The normalized spacial score (nSPS) is 20.5. The number of ether oxygens (including phenoxy) is 7. The lowest BCUT2D eigenvalue weighted by molar-refractivity contribution is -0.141. The molecule has 5 rings (SSSR count). The molecule has 1 aliphatic heterocycles. The Kier molecular flexibility index (Phi) is 8.33. The van der Waals surface area contributed by atoms with Crippen molar-refractivity contribution in [3.63, 3.8) is 0 Å². The minimum Gasteiger partial charge on any atom is -0.493 e. The second-order valence-electron chi connectivity index (χ2n) is 10.0. The molecule has 2 aliphatic rings. The van der Waals surface area contributed by atoms with Crippen molar-refractivity contribution >= 4 is 17.6 Å². The summed E-state index contributed by atoms with van der Waals surface area (Å²) in [6.45, 7) is 2.30. The fourth-order valence-corrected chi connectivity index (χ4v) is 6.06. The number of nitrogens with one attached hydrogen (secondary N) is 1. The Labute approximate surface area is 244 Å². The summed E-state index contributed by atoms with van der Waals surface area (Å²) >= 11 is 0. The highest BCUT2D eigenvalue weighted by atomic mass is 16.5. The van der Waals surface area contributed by atoms with Gasteiger partial charge in [-0.3, -0.25) is 4.79 Å². The van der Waals surface area contributed by atoms with Crippen molar-refractivity contribution in [2.24, 2.45) is 11.8 Å². The largest absolute Gasteiger partial charge is 0.493 e. The fraction of sp³-hybridized carbons (Fsp3) is 0.375. The molecule has 1 N–H and O–H groups in total. The summed E-state index contributed by atoms with van der Waals surface area (Å²) in [6.07, 6.45) is 0. The Balaban J connectivity index is 1.66. The Morgan fingerprint density at radius 2 is 1.43 bits per heavy atom. The Hall–Kier alpha value is -4.60. The van der Waals surface area contributed by atoms with Crippen LogP contribution in [0.4, 0.5) is 5.69 Å². The van der Waals surface area contributed by atoms with Crippen LogP contribution in [0.3, 0.4) is 0 Å². The lowest BCUT2D eigenvalue weighted by Crippen LogP contribution is -2.37. The van der Waals surface area contributed by atoms with Crippen molar-refractivity contribution in [3.05, 3.63) is 70.8 Å². The molecule has 0 spiro atoms. The van der Waals surface area contributed by atoms with Gasteiger partial charge in [0.1, 0.15) is 0 Å². The molecule has 0 radical (unpaired) electrons. The van der Waals surface area contributed by atoms with Gasteiger partial charge in [-0.15, -0.1) is 0 Å². The summed E-state index contributed by atoms with van der Waals surface area (Å²) < 4.78 is 39.0. The van der Waals surface area contributed by atoms with E-state index >= 15 is 0 Å². The van der Waals surface area contributed by atoms with Gasteiger partial charge < -0.3 is 38.5 Å². The Morgan fingerprint density at radius 3 is 1.98 bits per heavy atom. The van der Waals surface area contributed by atoms with E-state index < -0.39 is 11.8 Å². The van der Waals surface area contributed by atoms with Gasteiger partial charge in [0, 0.05) is 17.5 Å². The number of cyclic esters (lactones) is 1. The van der Waals surface area contributed by atoms with Crippen molar-refractivity contribution in [2.45, 2.75) is 18.9 Å². The Morgan fingerprint density at radius 1 is 0.833 bits per heavy atom. The molecule has 3 aromatic rings. The number of hydrogen-bond acceptors (Lipinski definition) is 10. The van der Waals surface area contributed by atoms with Gasteiger partial charge in [0.05, 0.1) is 66.3 Å². The first-order valence-electron chi connectivity index (χ1n) is 13.6. The number of methoxy groups -OCH3 is 5. The van der Waals surface area contributed by atoms with E-state index in [1.54, 1.807) is 54.6 Å². The van der Waals surface area contributed by atoms with Crippen LogP contribution in [0.15, 0.2) is 48.5 Å².